The highest BCUT2D eigenvalue weighted by Gasteiger charge is 2.20. The molecule has 3 aromatic heterocycles. The highest BCUT2D eigenvalue weighted by molar-refractivity contribution is 5.92. The molecule has 0 fully saturated rings. The summed E-state index contributed by atoms with van der Waals surface area (Å²) in [6, 6.07) is 7.35. The van der Waals surface area contributed by atoms with E-state index in [0.29, 0.717) is 43.0 Å². The van der Waals surface area contributed by atoms with E-state index >= 15 is 0 Å². The molecular weight excluding hydrogens is 468 g/mol. The predicted octanol–water partition coefficient (Wildman–Crippen LogP) is 2.20. The van der Waals surface area contributed by atoms with Crippen molar-refractivity contribution < 1.29 is 9.72 Å². The summed E-state index contributed by atoms with van der Waals surface area (Å²) in [6.07, 6.45) is 1.34. The highest BCUT2D eigenvalue weighted by atomic mass is 16.6. The maximum atomic E-state index is 13.0. The summed E-state index contributed by atoms with van der Waals surface area (Å²) in [7, 11) is 1.67. The zero-order valence-electron chi connectivity index (χ0n) is 20.1. The third kappa shape index (κ3) is 4.67. The number of rotatable bonds is 9. The maximum Gasteiger partial charge on any atom is 0.332 e. The molecule has 0 aliphatic carbocycles. The minimum Gasteiger partial charge on any atom is -0.331 e. The minimum absolute atomic E-state index is 0.00873. The van der Waals surface area contributed by atoms with E-state index in [-0.39, 0.29) is 35.0 Å². The van der Waals surface area contributed by atoms with Gasteiger partial charge in [-0.05, 0) is 18.4 Å². The van der Waals surface area contributed by atoms with Gasteiger partial charge in [-0.25, -0.2) is 9.78 Å². The van der Waals surface area contributed by atoms with Crippen molar-refractivity contribution >= 4 is 28.6 Å². The summed E-state index contributed by atoms with van der Waals surface area (Å²) >= 11 is 0. The lowest BCUT2D eigenvalue weighted by molar-refractivity contribution is -0.384. The van der Waals surface area contributed by atoms with Gasteiger partial charge >= 0.3 is 5.69 Å². The number of nitrogens with one attached hydrogen (secondary N) is 2. The molecule has 13 heteroatoms. The van der Waals surface area contributed by atoms with Gasteiger partial charge in [0, 0.05) is 38.3 Å². The molecule has 0 atom stereocenters. The number of H-pyrrole nitrogens is 1. The molecule has 3 heterocycles. The lowest BCUT2D eigenvalue weighted by Crippen LogP contribution is -2.40. The molecular formula is C23H26N8O5. The summed E-state index contributed by atoms with van der Waals surface area (Å²) in [4.78, 5) is 56.2. The number of carbonyl (C=O) groups is 1. The number of nitrogens with zero attached hydrogens (tertiary/aromatic N) is 6. The van der Waals surface area contributed by atoms with Gasteiger partial charge in [-0.1, -0.05) is 26.0 Å². The van der Waals surface area contributed by atoms with Gasteiger partial charge in [-0.2, -0.15) is 5.10 Å². The van der Waals surface area contributed by atoms with E-state index in [1.807, 2.05) is 13.8 Å². The number of imidazole rings is 1. The van der Waals surface area contributed by atoms with Crippen LogP contribution in [0.25, 0.3) is 22.7 Å². The van der Waals surface area contributed by atoms with Crippen LogP contribution in [0.5, 0.6) is 0 Å². The van der Waals surface area contributed by atoms with Crippen LogP contribution in [0.3, 0.4) is 0 Å². The van der Waals surface area contributed by atoms with Crippen molar-refractivity contribution in [2.75, 3.05) is 5.32 Å². The summed E-state index contributed by atoms with van der Waals surface area (Å²) in [5.74, 6) is 0.262. The van der Waals surface area contributed by atoms with Crippen molar-refractivity contribution in [2.45, 2.75) is 46.2 Å². The van der Waals surface area contributed by atoms with Crippen LogP contribution in [-0.4, -0.2) is 39.7 Å². The number of carbonyl (C=O) groups excluding carboxylic acids is 1. The first-order valence-corrected chi connectivity index (χ1v) is 11.5. The Morgan fingerprint density at radius 3 is 2.42 bits per heavy atom. The standard InChI is InChI=1S/C23H26N8O5/c1-4-10-29-21-19(22(33)30(11-5-2)23(29)34)25-20(26-21)16-13-17(27-28(16)3)24-18(32)12-14-6-8-15(9-7-14)31(35)36/h6-9,13H,4-5,10-12H2,1-3H3,(H,25,26)(H,24,27,32). The van der Waals surface area contributed by atoms with Crippen LogP contribution < -0.4 is 16.6 Å². The molecule has 0 radical (unpaired) electrons. The Labute approximate surface area is 204 Å². The van der Waals surface area contributed by atoms with Gasteiger partial charge < -0.3 is 10.3 Å². The molecule has 0 unspecified atom stereocenters. The molecule has 2 N–H and O–H groups in total. The largest absolute Gasteiger partial charge is 0.332 e. The topological polar surface area (TPSA) is 163 Å². The van der Waals surface area contributed by atoms with E-state index in [1.54, 1.807) is 13.1 Å². The van der Waals surface area contributed by atoms with Crippen LogP contribution in [0.1, 0.15) is 32.3 Å². The number of anilines is 1. The first-order chi connectivity index (χ1) is 17.2. The number of fused-ring (bicyclic) bond motifs is 1. The number of aromatic nitrogens is 6. The molecule has 1 aromatic carbocycles. The van der Waals surface area contributed by atoms with Crippen molar-refractivity contribution in [1.29, 1.82) is 0 Å². The second-order valence-electron chi connectivity index (χ2n) is 8.36. The number of aryl methyl sites for hydroxylation is 2. The monoisotopic (exact) mass is 494 g/mol. The van der Waals surface area contributed by atoms with Crippen LogP contribution in [0, 0.1) is 10.1 Å². The molecule has 0 spiro atoms. The number of aromatic amines is 1. The Hall–Kier alpha value is -4.55. The quantitative estimate of drug-likeness (QED) is 0.266. The average molecular weight is 495 g/mol. The van der Waals surface area contributed by atoms with Gasteiger partial charge in [0.2, 0.25) is 5.91 Å². The van der Waals surface area contributed by atoms with E-state index in [4.69, 9.17) is 0 Å². The fourth-order valence-electron chi connectivity index (χ4n) is 3.99. The van der Waals surface area contributed by atoms with Crippen molar-refractivity contribution in [3.05, 3.63) is 66.8 Å². The second kappa shape index (κ2) is 9.98. The summed E-state index contributed by atoms with van der Waals surface area (Å²) < 4.78 is 4.22. The third-order valence-electron chi connectivity index (χ3n) is 5.66. The van der Waals surface area contributed by atoms with Crippen LogP contribution >= 0.6 is 0 Å². The lowest BCUT2D eigenvalue weighted by Gasteiger charge is -2.09. The van der Waals surface area contributed by atoms with E-state index in [2.05, 4.69) is 20.4 Å². The number of non-ortho nitro benzene ring substituents is 1. The molecule has 0 bridgehead atoms. The molecule has 36 heavy (non-hydrogen) atoms. The van der Waals surface area contributed by atoms with Gasteiger partial charge in [-0.3, -0.25) is 33.5 Å². The molecule has 0 aliphatic heterocycles. The van der Waals surface area contributed by atoms with Crippen LogP contribution in [0.2, 0.25) is 0 Å². The molecule has 4 rings (SSSR count). The molecule has 0 saturated heterocycles. The van der Waals surface area contributed by atoms with Crippen LogP contribution in [0.4, 0.5) is 11.5 Å². The first kappa shape index (κ1) is 24.6. The summed E-state index contributed by atoms with van der Waals surface area (Å²) in [5, 5.41) is 17.8. The van der Waals surface area contributed by atoms with E-state index in [9.17, 15) is 24.5 Å². The number of amides is 1. The molecule has 13 nitrogen and oxygen atoms in total. The second-order valence-corrected chi connectivity index (χ2v) is 8.36. The molecule has 0 saturated carbocycles. The van der Waals surface area contributed by atoms with Crippen molar-refractivity contribution in [1.82, 2.24) is 28.9 Å². The van der Waals surface area contributed by atoms with Gasteiger partial charge in [0.25, 0.3) is 11.2 Å². The number of nitro benzene ring substituents is 1. The van der Waals surface area contributed by atoms with Crippen LogP contribution in [0.15, 0.2) is 39.9 Å². The highest BCUT2D eigenvalue weighted by Crippen LogP contribution is 2.22. The van der Waals surface area contributed by atoms with Crippen molar-refractivity contribution in [3.8, 4) is 11.5 Å². The lowest BCUT2D eigenvalue weighted by atomic mass is 10.1. The number of nitro groups is 1. The molecule has 1 amide bonds. The SMILES string of the molecule is CCCn1c(=O)c2[nH]c(-c3cc(NC(=O)Cc4ccc([N+](=O)[O-])cc4)nn3C)nc2n(CCC)c1=O. The smallest absolute Gasteiger partial charge is 0.331 e. The summed E-state index contributed by atoms with van der Waals surface area (Å²) in [6.45, 7) is 4.56. The normalized spacial score (nSPS) is 11.2. The van der Waals surface area contributed by atoms with Crippen LogP contribution in [-0.2, 0) is 31.4 Å². The predicted molar refractivity (Wildman–Crippen MR) is 133 cm³/mol. The van der Waals surface area contributed by atoms with Crippen molar-refractivity contribution in [3.63, 3.8) is 0 Å². The number of hydrogen-bond acceptors (Lipinski definition) is 7. The first-order valence-electron chi connectivity index (χ1n) is 11.5. The van der Waals surface area contributed by atoms with Gasteiger partial charge in [-0.15, -0.1) is 0 Å². The Morgan fingerprint density at radius 1 is 1.11 bits per heavy atom. The molecule has 188 valence electrons. The van der Waals surface area contributed by atoms with E-state index < -0.39 is 16.2 Å². The Kier molecular flexibility index (Phi) is 6.81. The third-order valence-corrected chi connectivity index (χ3v) is 5.66. The number of benzene rings is 1. The minimum atomic E-state index is -0.502. The van der Waals surface area contributed by atoms with Crippen molar-refractivity contribution in [2.24, 2.45) is 7.05 Å². The Bertz CT molecular complexity index is 1560. The van der Waals surface area contributed by atoms with Gasteiger partial charge in [0.15, 0.2) is 17.3 Å². The molecule has 0 aliphatic rings. The van der Waals surface area contributed by atoms with Gasteiger partial charge in [0.05, 0.1) is 11.3 Å². The Morgan fingerprint density at radius 2 is 1.78 bits per heavy atom. The Balaban J connectivity index is 1.62. The molecule has 4 aromatic rings. The van der Waals surface area contributed by atoms with E-state index in [1.165, 1.54) is 38.1 Å². The zero-order valence-corrected chi connectivity index (χ0v) is 20.1. The average Bonchev–Trinajstić information content (AvgIpc) is 3.43. The number of hydrogen-bond donors (Lipinski definition) is 2. The fraction of sp³-hybridized carbons (Fsp3) is 0.348. The zero-order chi connectivity index (χ0) is 26.0. The van der Waals surface area contributed by atoms with Gasteiger partial charge in [0.1, 0.15) is 11.2 Å². The summed E-state index contributed by atoms with van der Waals surface area (Å²) in [5.41, 5.74) is 0.763. The fourth-order valence-corrected chi connectivity index (χ4v) is 3.99. The van der Waals surface area contributed by atoms with E-state index in [0.717, 1.165) is 0 Å². The maximum absolute atomic E-state index is 13.0.